The van der Waals surface area contributed by atoms with Gasteiger partial charge in [0, 0.05) is 47.4 Å². The van der Waals surface area contributed by atoms with Crippen LogP contribution >= 0.6 is 10.0 Å². The van der Waals surface area contributed by atoms with Gasteiger partial charge in [-0.2, -0.15) is 0 Å². The average molecular weight is 838 g/mol. The molecular formula is C62H47NS. The normalized spacial score (nSPS) is 15.8. The first-order valence-electron chi connectivity index (χ1n) is 22.6. The summed E-state index contributed by atoms with van der Waals surface area (Å²) in [6, 6.07) is 81.1. The van der Waals surface area contributed by atoms with Gasteiger partial charge in [0.15, 0.2) is 0 Å². The van der Waals surface area contributed by atoms with Gasteiger partial charge in [0.2, 0.25) is 0 Å². The van der Waals surface area contributed by atoms with Gasteiger partial charge in [-0.15, -0.1) is 10.0 Å². The zero-order valence-corrected chi connectivity index (χ0v) is 37.4. The predicted octanol–water partition coefficient (Wildman–Crippen LogP) is 17.4. The Morgan fingerprint density at radius 3 is 1.31 bits per heavy atom. The molecule has 0 N–H and O–H groups in total. The van der Waals surface area contributed by atoms with E-state index in [9.17, 15) is 0 Å². The molecule has 2 aliphatic carbocycles. The Kier molecular flexibility index (Phi) is 7.86. The van der Waals surface area contributed by atoms with Crippen molar-refractivity contribution in [3.05, 3.63) is 235 Å². The fourth-order valence-corrected chi connectivity index (χ4v) is 16.0. The van der Waals surface area contributed by atoms with Crippen molar-refractivity contribution in [1.29, 1.82) is 0 Å². The SMILES string of the molecule is CC1(C)c2ccccc2-c2ccc(N(c3ccc4c(c3)C(C)(C)c3ccccc3-4)c3cccc4c3-c3ccccc3S4(c3ccc4ccccc4c3)c3ccc4ccccc4c3)cc21. The Balaban J connectivity index is 1.11. The van der Waals surface area contributed by atoms with E-state index >= 15 is 0 Å². The van der Waals surface area contributed by atoms with E-state index < -0.39 is 10.0 Å². The Morgan fingerprint density at radius 2 is 0.766 bits per heavy atom. The quantitative estimate of drug-likeness (QED) is 0.167. The van der Waals surface area contributed by atoms with Gasteiger partial charge in [-0.3, -0.25) is 0 Å². The number of nitrogens with zero attached hydrogens (tertiary/aromatic N) is 1. The molecule has 2 heteroatoms. The summed E-state index contributed by atoms with van der Waals surface area (Å²) in [7, 11) is -2.00. The van der Waals surface area contributed by atoms with Crippen molar-refractivity contribution >= 4 is 48.6 Å². The van der Waals surface area contributed by atoms with Crippen molar-refractivity contribution in [1.82, 2.24) is 0 Å². The molecule has 0 radical (unpaired) electrons. The number of rotatable bonds is 5. The van der Waals surface area contributed by atoms with Crippen LogP contribution in [0.2, 0.25) is 0 Å². The summed E-state index contributed by atoms with van der Waals surface area (Å²) in [6.45, 7) is 9.56. The lowest BCUT2D eigenvalue weighted by atomic mass is 9.82. The second kappa shape index (κ2) is 13.4. The summed E-state index contributed by atoms with van der Waals surface area (Å²) in [6.07, 6.45) is 0. The average Bonchev–Trinajstić information content (AvgIpc) is 3.86. The summed E-state index contributed by atoms with van der Waals surface area (Å²) in [5.41, 5.74) is 16.7. The molecule has 0 saturated carbocycles. The summed E-state index contributed by atoms with van der Waals surface area (Å²) in [5.74, 6) is 0. The lowest BCUT2D eigenvalue weighted by molar-refractivity contribution is 0.660. The highest BCUT2D eigenvalue weighted by atomic mass is 32.3. The largest absolute Gasteiger partial charge is 0.310 e. The van der Waals surface area contributed by atoms with Gasteiger partial charge in [0.25, 0.3) is 0 Å². The van der Waals surface area contributed by atoms with Crippen molar-refractivity contribution in [3.63, 3.8) is 0 Å². The molecule has 10 aromatic carbocycles. The first-order valence-corrected chi connectivity index (χ1v) is 24.2. The Morgan fingerprint density at radius 1 is 0.328 bits per heavy atom. The molecule has 13 rings (SSSR count). The van der Waals surface area contributed by atoms with Gasteiger partial charge in [-0.05, 0) is 138 Å². The van der Waals surface area contributed by atoms with Gasteiger partial charge in [-0.25, -0.2) is 0 Å². The summed E-state index contributed by atoms with van der Waals surface area (Å²) < 4.78 is 0. The summed E-state index contributed by atoms with van der Waals surface area (Å²) in [5, 5.41) is 5.04. The number of fused-ring (bicyclic) bond motifs is 11. The summed E-state index contributed by atoms with van der Waals surface area (Å²) >= 11 is 0. The van der Waals surface area contributed by atoms with Gasteiger partial charge in [0.1, 0.15) is 0 Å². The summed E-state index contributed by atoms with van der Waals surface area (Å²) in [4.78, 5) is 8.06. The van der Waals surface area contributed by atoms with Gasteiger partial charge >= 0.3 is 0 Å². The molecular weight excluding hydrogens is 791 g/mol. The molecule has 0 amide bonds. The second-order valence-corrected chi connectivity index (χ2v) is 22.0. The standard InChI is InChI=1S/C62H47NS/c1-61(2)53-23-12-9-20-48(53)50-34-30-44(38-55(50)61)63(45-31-35-51-49-21-10-13-24-54(49)62(3,4)56(51)39-45)57-25-15-27-59-60(57)52-22-11-14-26-58(52)64(59,46-32-28-40-16-5-7-18-42(40)36-46)47-33-29-41-17-6-8-19-43(41)37-47/h5-39H,1-4H3. The minimum absolute atomic E-state index is 0.147. The maximum Gasteiger partial charge on any atom is 0.0551 e. The number of benzene rings is 10. The predicted molar refractivity (Wildman–Crippen MR) is 270 cm³/mol. The van der Waals surface area contributed by atoms with E-state index in [-0.39, 0.29) is 10.8 Å². The highest BCUT2D eigenvalue weighted by Crippen LogP contribution is 2.81. The molecule has 0 atom stereocenters. The molecule has 306 valence electrons. The Labute approximate surface area is 377 Å². The third-order valence-electron chi connectivity index (χ3n) is 14.9. The van der Waals surface area contributed by atoms with Gasteiger partial charge in [0.05, 0.1) is 5.69 Å². The maximum atomic E-state index is 2.59. The zero-order chi connectivity index (χ0) is 43.0. The van der Waals surface area contributed by atoms with Crippen LogP contribution in [0.4, 0.5) is 17.1 Å². The molecule has 0 saturated heterocycles. The van der Waals surface area contributed by atoms with Crippen LogP contribution in [0.25, 0.3) is 54.9 Å². The van der Waals surface area contributed by atoms with Crippen LogP contribution < -0.4 is 4.90 Å². The van der Waals surface area contributed by atoms with E-state index in [1.54, 1.807) is 0 Å². The van der Waals surface area contributed by atoms with Crippen molar-refractivity contribution in [2.45, 2.75) is 58.1 Å². The van der Waals surface area contributed by atoms with Gasteiger partial charge in [-0.1, -0.05) is 173 Å². The molecule has 0 unspecified atom stereocenters. The third kappa shape index (κ3) is 5.03. The first-order chi connectivity index (χ1) is 31.2. The van der Waals surface area contributed by atoms with Crippen molar-refractivity contribution in [2.75, 3.05) is 4.90 Å². The highest BCUT2D eigenvalue weighted by molar-refractivity contribution is 8.34. The molecule has 3 aliphatic rings. The van der Waals surface area contributed by atoms with Crippen molar-refractivity contribution in [2.24, 2.45) is 0 Å². The molecule has 0 fully saturated rings. The molecule has 0 aromatic heterocycles. The molecule has 64 heavy (non-hydrogen) atoms. The molecule has 0 bridgehead atoms. The van der Waals surface area contributed by atoms with Crippen LogP contribution in [0.1, 0.15) is 49.9 Å². The molecule has 1 heterocycles. The van der Waals surface area contributed by atoms with Gasteiger partial charge < -0.3 is 4.90 Å². The van der Waals surface area contributed by atoms with Crippen LogP contribution in [0.15, 0.2) is 232 Å². The third-order valence-corrected chi connectivity index (χ3v) is 18.8. The molecule has 1 nitrogen and oxygen atoms in total. The Bertz CT molecular complexity index is 3400. The minimum atomic E-state index is -2.00. The fraction of sp³-hybridized carbons (Fsp3) is 0.0968. The highest BCUT2D eigenvalue weighted by Gasteiger charge is 2.45. The minimum Gasteiger partial charge on any atom is -0.310 e. The molecule has 1 aliphatic heterocycles. The van der Waals surface area contributed by atoms with Crippen LogP contribution in [-0.2, 0) is 10.8 Å². The second-order valence-electron chi connectivity index (χ2n) is 18.9. The van der Waals surface area contributed by atoms with Crippen LogP contribution in [-0.4, -0.2) is 0 Å². The van der Waals surface area contributed by atoms with Crippen molar-refractivity contribution < 1.29 is 0 Å². The van der Waals surface area contributed by atoms with Crippen LogP contribution in [0.3, 0.4) is 0 Å². The van der Waals surface area contributed by atoms with Crippen molar-refractivity contribution in [3.8, 4) is 33.4 Å². The zero-order valence-electron chi connectivity index (χ0n) is 36.6. The van der Waals surface area contributed by atoms with Crippen LogP contribution in [0.5, 0.6) is 0 Å². The fourth-order valence-electron chi connectivity index (χ4n) is 11.7. The van der Waals surface area contributed by atoms with E-state index in [1.165, 1.54) is 114 Å². The smallest absolute Gasteiger partial charge is 0.0551 e. The lowest BCUT2D eigenvalue weighted by Crippen LogP contribution is -2.18. The molecule has 0 spiro atoms. The Hall–Kier alpha value is -7.13. The number of hydrogen-bond acceptors (Lipinski definition) is 1. The lowest BCUT2D eigenvalue weighted by Gasteiger charge is -2.40. The number of anilines is 3. The van der Waals surface area contributed by atoms with Crippen LogP contribution in [0, 0.1) is 0 Å². The first kappa shape index (κ1) is 37.4. The maximum absolute atomic E-state index is 2.59. The van der Waals surface area contributed by atoms with E-state index in [0.29, 0.717) is 0 Å². The number of hydrogen-bond donors (Lipinski definition) is 0. The topological polar surface area (TPSA) is 3.24 Å². The van der Waals surface area contributed by atoms with E-state index in [2.05, 4.69) is 245 Å². The van der Waals surface area contributed by atoms with E-state index in [1.807, 2.05) is 0 Å². The molecule has 10 aromatic rings. The monoisotopic (exact) mass is 837 g/mol. The van der Waals surface area contributed by atoms with E-state index in [4.69, 9.17) is 0 Å². The van der Waals surface area contributed by atoms with E-state index in [0.717, 1.165) is 0 Å².